The molecule has 8 heteroatoms. The van der Waals surface area contributed by atoms with Gasteiger partial charge in [-0.25, -0.2) is 0 Å². The second-order valence-electron chi connectivity index (χ2n) is 5.64. The Morgan fingerprint density at radius 3 is 2.56 bits per heavy atom. The van der Waals surface area contributed by atoms with Gasteiger partial charge in [0.2, 0.25) is 0 Å². The van der Waals surface area contributed by atoms with E-state index in [1.165, 1.54) is 11.3 Å². The summed E-state index contributed by atoms with van der Waals surface area (Å²) in [5.41, 5.74) is 4.92. The van der Waals surface area contributed by atoms with E-state index >= 15 is 0 Å². The van der Waals surface area contributed by atoms with Gasteiger partial charge in [-0.2, -0.15) is 0 Å². The summed E-state index contributed by atoms with van der Waals surface area (Å²) in [5, 5.41) is 6.39. The Balaban J connectivity index is 1.49. The first-order valence-electron chi connectivity index (χ1n) is 8.13. The molecule has 0 saturated carbocycles. The molecule has 0 aliphatic carbocycles. The second kappa shape index (κ2) is 8.61. The Morgan fingerprint density at radius 1 is 1.04 bits per heavy atom. The molecule has 0 bridgehead atoms. The number of carbonyl (C=O) groups excluding carboxylic acids is 2. The molecule has 1 unspecified atom stereocenters. The Bertz CT molecular complexity index is 973. The molecule has 0 fully saturated rings. The second-order valence-corrected chi connectivity index (χ2v) is 7.00. The third-order valence-corrected chi connectivity index (χ3v) is 4.75. The number of nitrogens with one attached hydrogen (secondary N) is 3. The van der Waals surface area contributed by atoms with Gasteiger partial charge in [0, 0.05) is 0 Å². The summed E-state index contributed by atoms with van der Waals surface area (Å²) in [4.78, 5) is 24.6. The monoisotopic (exact) mass is 399 g/mol. The number of hydrogen-bond acceptors (Lipinski definition) is 5. The molecule has 27 heavy (non-hydrogen) atoms. The number of hydrogen-bond donors (Lipinski definition) is 3. The predicted molar refractivity (Wildman–Crippen MR) is 110 cm³/mol. The van der Waals surface area contributed by atoms with Crippen molar-refractivity contribution < 1.29 is 14.3 Å². The van der Waals surface area contributed by atoms with Crippen LogP contribution >= 0.6 is 23.6 Å². The minimum atomic E-state index is -0.755. The van der Waals surface area contributed by atoms with E-state index in [4.69, 9.17) is 17.0 Å². The molecule has 3 N–H and O–H groups in total. The van der Waals surface area contributed by atoms with Gasteiger partial charge in [-0.05, 0) is 53.5 Å². The van der Waals surface area contributed by atoms with Crippen molar-refractivity contribution in [3.8, 4) is 5.75 Å². The highest BCUT2D eigenvalue weighted by molar-refractivity contribution is 7.80. The summed E-state index contributed by atoms with van der Waals surface area (Å²) in [6, 6.07) is 17.0. The van der Waals surface area contributed by atoms with E-state index in [2.05, 4.69) is 16.2 Å². The van der Waals surface area contributed by atoms with Crippen LogP contribution in [0.1, 0.15) is 16.6 Å². The fraction of sp³-hybridized carbons (Fsp3) is 0.105. The van der Waals surface area contributed by atoms with Crippen LogP contribution in [0.5, 0.6) is 5.75 Å². The largest absolute Gasteiger partial charge is 0.481 e. The van der Waals surface area contributed by atoms with Gasteiger partial charge in [0.25, 0.3) is 11.8 Å². The van der Waals surface area contributed by atoms with Gasteiger partial charge in [0.15, 0.2) is 11.2 Å². The summed E-state index contributed by atoms with van der Waals surface area (Å²) in [6.07, 6.45) is -0.755. The van der Waals surface area contributed by atoms with E-state index in [0.29, 0.717) is 10.6 Å². The molecular weight excluding hydrogens is 382 g/mol. The maximum absolute atomic E-state index is 12.2. The van der Waals surface area contributed by atoms with Crippen LogP contribution in [-0.4, -0.2) is 23.0 Å². The number of amides is 2. The summed E-state index contributed by atoms with van der Waals surface area (Å²) in [5.74, 6) is -0.169. The number of fused-ring (bicyclic) bond motifs is 1. The molecule has 0 aliphatic rings. The van der Waals surface area contributed by atoms with Crippen LogP contribution in [0.2, 0.25) is 0 Å². The van der Waals surface area contributed by atoms with E-state index in [0.717, 1.165) is 10.8 Å². The van der Waals surface area contributed by atoms with Crippen LogP contribution in [-0.2, 0) is 4.79 Å². The van der Waals surface area contributed by atoms with Crippen molar-refractivity contribution in [1.29, 1.82) is 0 Å². The molecule has 2 aromatic carbocycles. The molecule has 3 rings (SSSR count). The average Bonchev–Trinajstić information content (AvgIpc) is 3.21. The van der Waals surface area contributed by atoms with Crippen molar-refractivity contribution in [1.82, 2.24) is 16.2 Å². The van der Waals surface area contributed by atoms with Gasteiger partial charge in [-0.15, -0.1) is 11.3 Å². The van der Waals surface area contributed by atoms with Crippen LogP contribution in [0.3, 0.4) is 0 Å². The molecule has 1 aromatic heterocycles. The Labute approximate surface area is 165 Å². The summed E-state index contributed by atoms with van der Waals surface area (Å²) >= 11 is 6.30. The number of thiocarbonyl (C=S) groups is 1. The third kappa shape index (κ3) is 5.02. The smallest absolute Gasteiger partial charge is 0.279 e. The summed E-state index contributed by atoms with van der Waals surface area (Å²) in [7, 11) is 0. The van der Waals surface area contributed by atoms with E-state index in [1.54, 1.807) is 24.4 Å². The molecule has 3 aromatic rings. The number of ether oxygens (including phenoxy) is 1. The van der Waals surface area contributed by atoms with Gasteiger partial charge in [-0.3, -0.25) is 25.8 Å². The molecule has 0 aliphatic heterocycles. The topological polar surface area (TPSA) is 79.5 Å². The van der Waals surface area contributed by atoms with Gasteiger partial charge in [0.1, 0.15) is 5.75 Å². The lowest BCUT2D eigenvalue weighted by Crippen LogP contribution is -2.51. The Hall–Kier alpha value is -2.97. The van der Waals surface area contributed by atoms with Gasteiger partial charge in [-0.1, -0.05) is 36.4 Å². The fourth-order valence-corrected chi connectivity index (χ4v) is 3.08. The zero-order valence-electron chi connectivity index (χ0n) is 14.4. The summed E-state index contributed by atoms with van der Waals surface area (Å²) in [6.45, 7) is 1.62. The average molecular weight is 399 g/mol. The quantitative estimate of drug-likeness (QED) is 0.464. The molecule has 0 spiro atoms. The molecule has 0 saturated heterocycles. The van der Waals surface area contributed by atoms with Crippen LogP contribution in [0, 0.1) is 0 Å². The summed E-state index contributed by atoms with van der Waals surface area (Å²) < 4.78 is 5.68. The molecular formula is C19H17N3O3S2. The minimum absolute atomic E-state index is 0.000319. The number of thiophene rings is 1. The molecule has 2 amide bonds. The molecule has 6 nitrogen and oxygen atoms in total. The lowest BCUT2D eigenvalue weighted by molar-refractivity contribution is -0.127. The van der Waals surface area contributed by atoms with E-state index < -0.39 is 12.0 Å². The predicted octanol–water partition coefficient (Wildman–Crippen LogP) is 3.00. The molecule has 138 valence electrons. The SMILES string of the molecule is CC(Oc1ccc2ccccc2c1)C(=O)NNC(=S)NC(=O)c1cccs1. The number of hydrazine groups is 1. The number of benzene rings is 2. The van der Waals surface area contributed by atoms with Crippen LogP contribution in [0.4, 0.5) is 0 Å². The Kier molecular flexibility index (Phi) is 6.00. The lowest BCUT2D eigenvalue weighted by Gasteiger charge is -2.16. The normalized spacial score (nSPS) is 11.4. The maximum atomic E-state index is 12.2. The first-order chi connectivity index (χ1) is 13.0. The van der Waals surface area contributed by atoms with E-state index in [1.807, 2.05) is 42.5 Å². The fourth-order valence-electron chi connectivity index (χ4n) is 2.32. The zero-order valence-corrected chi connectivity index (χ0v) is 16.0. The number of carbonyl (C=O) groups is 2. The third-order valence-electron chi connectivity index (χ3n) is 3.67. The first kappa shape index (κ1) is 18.8. The van der Waals surface area contributed by atoms with Crippen molar-refractivity contribution in [2.24, 2.45) is 0 Å². The lowest BCUT2D eigenvalue weighted by atomic mass is 10.1. The van der Waals surface area contributed by atoms with Gasteiger partial charge < -0.3 is 4.74 Å². The van der Waals surface area contributed by atoms with Crippen LogP contribution in [0.25, 0.3) is 10.8 Å². The minimum Gasteiger partial charge on any atom is -0.481 e. The highest BCUT2D eigenvalue weighted by Gasteiger charge is 2.16. The standard InChI is InChI=1S/C19H17N3O3S2/c1-12(25-15-9-8-13-5-2-3-6-14(13)11-15)17(23)21-22-19(26)20-18(24)16-7-4-10-27-16/h2-12H,1H3,(H,21,23)(H2,20,22,24,26). The molecule has 1 atom stereocenters. The van der Waals surface area contributed by atoms with Crippen LogP contribution in [0.15, 0.2) is 60.0 Å². The van der Waals surface area contributed by atoms with Crippen molar-refractivity contribution in [2.75, 3.05) is 0 Å². The molecule has 0 radical (unpaired) electrons. The maximum Gasteiger partial charge on any atom is 0.279 e. The first-order valence-corrected chi connectivity index (χ1v) is 9.42. The van der Waals surface area contributed by atoms with Gasteiger partial charge >= 0.3 is 0 Å². The van der Waals surface area contributed by atoms with E-state index in [-0.39, 0.29) is 11.0 Å². The van der Waals surface area contributed by atoms with Crippen molar-refractivity contribution in [3.05, 3.63) is 64.9 Å². The van der Waals surface area contributed by atoms with Crippen molar-refractivity contribution in [2.45, 2.75) is 13.0 Å². The van der Waals surface area contributed by atoms with Gasteiger partial charge in [0.05, 0.1) is 4.88 Å². The zero-order chi connectivity index (χ0) is 19.2. The Morgan fingerprint density at radius 2 is 1.81 bits per heavy atom. The van der Waals surface area contributed by atoms with E-state index in [9.17, 15) is 9.59 Å². The van der Waals surface area contributed by atoms with Crippen LogP contribution < -0.4 is 20.9 Å². The van der Waals surface area contributed by atoms with Crippen molar-refractivity contribution >= 4 is 51.3 Å². The molecule has 1 heterocycles. The number of rotatable bonds is 4. The van der Waals surface area contributed by atoms with Crippen molar-refractivity contribution in [3.63, 3.8) is 0 Å². The highest BCUT2D eigenvalue weighted by atomic mass is 32.1. The highest BCUT2D eigenvalue weighted by Crippen LogP contribution is 2.21.